The van der Waals surface area contributed by atoms with Crippen LogP contribution in [0.4, 0.5) is 14.6 Å². The third-order valence-corrected chi connectivity index (χ3v) is 5.03. The first-order valence-electron chi connectivity index (χ1n) is 8.87. The van der Waals surface area contributed by atoms with Gasteiger partial charge in [-0.25, -0.2) is 13.8 Å². The van der Waals surface area contributed by atoms with E-state index < -0.39 is 11.6 Å². The van der Waals surface area contributed by atoms with Gasteiger partial charge in [-0.15, -0.1) is 0 Å². The van der Waals surface area contributed by atoms with Gasteiger partial charge in [-0.05, 0) is 25.1 Å². The molecule has 1 fully saturated rings. The average Bonchev–Trinajstić information content (AvgIpc) is 3.24. The van der Waals surface area contributed by atoms with E-state index in [1.807, 2.05) is 12.4 Å². The maximum atomic E-state index is 14.3. The van der Waals surface area contributed by atoms with Gasteiger partial charge >= 0.3 is 0 Å². The molecule has 1 aliphatic heterocycles. The van der Waals surface area contributed by atoms with Crippen molar-refractivity contribution in [3.8, 4) is 11.3 Å². The summed E-state index contributed by atoms with van der Waals surface area (Å²) in [5.74, 6) is -0.426. The minimum atomic E-state index is -0.509. The third-order valence-electron chi connectivity index (χ3n) is 5.03. The molecule has 6 nitrogen and oxygen atoms in total. The summed E-state index contributed by atoms with van der Waals surface area (Å²) < 4.78 is 27.9. The SMILES string of the molecule is CC(c1cn[nH]c1)N1CCN(c2nccnc2-c2cc(F)ccc2F)CC1. The van der Waals surface area contributed by atoms with Crippen molar-refractivity contribution in [3.63, 3.8) is 0 Å². The van der Waals surface area contributed by atoms with Gasteiger partial charge in [0.1, 0.15) is 17.3 Å². The van der Waals surface area contributed by atoms with Gasteiger partial charge in [0.15, 0.2) is 5.82 Å². The van der Waals surface area contributed by atoms with Gasteiger partial charge in [0.05, 0.1) is 6.20 Å². The van der Waals surface area contributed by atoms with Crippen molar-refractivity contribution in [1.29, 1.82) is 0 Å². The van der Waals surface area contributed by atoms with Gasteiger partial charge < -0.3 is 4.90 Å². The average molecular weight is 370 g/mol. The molecule has 2 aromatic heterocycles. The van der Waals surface area contributed by atoms with Crippen LogP contribution in [0.3, 0.4) is 0 Å². The van der Waals surface area contributed by atoms with Crippen molar-refractivity contribution in [1.82, 2.24) is 25.1 Å². The Morgan fingerprint density at radius 1 is 1.07 bits per heavy atom. The van der Waals surface area contributed by atoms with Gasteiger partial charge in [0.25, 0.3) is 0 Å². The molecule has 3 heterocycles. The zero-order valence-corrected chi connectivity index (χ0v) is 14.9. The molecular formula is C19H20F2N6. The van der Waals surface area contributed by atoms with Crippen LogP contribution in [0.25, 0.3) is 11.3 Å². The number of hydrogen-bond acceptors (Lipinski definition) is 5. The van der Waals surface area contributed by atoms with Gasteiger partial charge in [-0.3, -0.25) is 15.0 Å². The number of aromatic amines is 1. The van der Waals surface area contributed by atoms with Crippen LogP contribution in [0.5, 0.6) is 0 Å². The van der Waals surface area contributed by atoms with Crippen LogP contribution in [0.2, 0.25) is 0 Å². The van der Waals surface area contributed by atoms with Crippen molar-refractivity contribution in [2.75, 3.05) is 31.1 Å². The number of nitrogens with one attached hydrogen (secondary N) is 1. The molecule has 27 heavy (non-hydrogen) atoms. The summed E-state index contributed by atoms with van der Waals surface area (Å²) in [7, 11) is 0. The Morgan fingerprint density at radius 3 is 2.59 bits per heavy atom. The molecule has 0 bridgehead atoms. The fourth-order valence-electron chi connectivity index (χ4n) is 3.45. The highest BCUT2D eigenvalue weighted by Gasteiger charge is 2.25. The molecule has 0 spiro atoms. The minimum absolute atomic E-state index is 0.132. The summed E-state index contributed by atoms with van der Waals surface area (Å²) in [5, 5.41) is 6.86. The topological polar surface area (TPSA) is 60.9 Å². The van der Waals surface area contributed by atoms with E-state index in [0.29, 0.717) is 11.5 Å². The molecule has 1 aromatic carbocycles. The first-order chi connectivity index (χ1) is 13.1. The lowest BCUT2D eigenvalue weighted by molar-refractivity contribution is 0.198. The molecule has 0 amide bonds. The van der Waals surface area contributed by atoms with Crippen LogP contribution < -0.4 is 4.90 Å². The van der Waals surface area contributed by atoms with Crippen LogP contribution in [0, 0.1) is 11.6 Å². The van der Waals surface area contributed by atoms with Crippen LogP contribution in [-0.2, 0) is 0 Å². The number of benzene rings is 1. The van der Waals surface area contributed by atoms with Gasteiger partial charge in [0, 0.05) is 61.9 Å². The summed E-state index contributed by atoms with van der Waals surface area (Å²) in [4.78, 5) is 13.1. The molecule has 8 heteroatoms. The van der Waals surface area contributed by atoms with E-state index >= 15 is 0 Å². The number of piperazine rings is 1. The lowest BCUT2D eigenvalue weighted by Gasteiger charge is -2.38. The van der Waals surface area contributed by atoms with Gasteiger partial charge in [-0.1, -0.05) is 0 Å². The third kappa shape index (κ3) is 3.52. The van der Waals surface area contributed by atoms with Crippen LogP contribution in [0.15, 0.2) is 43.0 Å². The molecule has 0 saturated carbocycles. The van der Waals surface area contributed by atoms with Crippen molar-refractivity contribution in [3.05, 3.63) is 60.2 Å². The zero-order chi connectivity index (χ0) is 18.8. The number of rotatable bonds is 4. The Morgan fingerprint density at radius 2 is 1.85 bits per heavy atom. The number of anilines is 1. The summed E-state index contributed by atoms with van der Waals surface area (Å²) in [6.45, 7) is 5.26. The van der Waals surface area contributed by atoms with Gasteiger partial charge in [-0.2, -0.15) is 5.10 Å². The van der Waals surface area contributed by atoms with Crippen LogP contribution in [-0.4, -0.2) is 51.2 Å². The van der Waals surface area contributed by atoms with E-state index in [9.17, 15) is 8.78 Å². The highest BCUT2D eigenvalue weighted by molar-refractivity contribution is 5.72. The van der Waals surface area contributed by atoms with E-state index in [1.165, 1.54) is 12.3 Å². The molecule has 1 N–H and O–H groups in total. The molecule has 1 aliphatic rings. The van der Waals surface area contributed by atoms with E-state index in [-0.39, 0.29) is 11.6 Å². The highest BCUT2D eigenvalue weighted by atomic mass is 19.1. The quantitative estimate of drug-likeness (QED) is 0.765. The number of H-pyrrole nitrogens is 1. The fraction of sp³-hybridized carbons (Fsp3) is 0.316. The van der Waals surface area contributed by atoms with Crippen molar-refractivity contribution < 1.29 is 8.78 Å². The second-order valence-electron chi connectivity index (χ2n) is 6.58. The summed E-state index contributed by atoms with van der Waals surface area (Å²) in [6.07, 6.45) is 6.83. The smallest absolute Gasteiger partial charge is 0.155 e. The van der Waals surface area contributed by atoms with E-state index in [1.54, 1.807) is 6.20 Å². The Kier molecular flexibility index (Phi) is 4.81. The normalized spacial score (nSPS) is 16.5. The minimum Gasteiger partial charge on any atom is -0.352 e. The Hall–Kier alpha value is -2.87. The lowest BCUT2D eigenvalue weighted by atomic mass is 10.1. The summed E-state index contributed by atoms with van der Waals surface area (Å²) in [5.41, 5.74) is 1.64. The lowest BCUT2D eigenvalue weighted by Crippen LogP contribution is -2.47. The predicted molar refractivity (Wildman–Crippen MR) is 98.2 cm³/mol. The monoisotopic (exact) mass is 370 g/mol. The van der Waals surface area contributed by atoms with Crippen LogP contribution >= 0.6 is 0 Å². The molecular weight excluding hydrogens is 350 g/mol. The van der Waals surface area contributed by atoms with Crippen LogP contribution in [0.1, 0.15) is 18.5 Å². The van der Waals surface area contributed by atoms with E-state index in [4.69, 9.17) is 0 Å². The summed E-state index contributed by atoms with van der Waals surface area (Å²) >= 11 is 0. The van der Waals surface area contributed by atoms with E-state index in [0.717, 1.165) is 43.9 Å². The molecule has 4 rings (SSSR count). The molecule has 0 aliphatic carbocycles. The first-order valence-corrected chi connectivity index (χ1v) is 8.87. The van der Waals surface area contributed by atoms with Gasteiger partial charge in [0.2, 0.25) is 0 Å². The molecule has 1 unspecified atom stereocenters. The molecule has 140 valence electrons. The van der Waals surface area contributed by atoms with Crippen molar-refractivity contribution in [2.45, 2.75) is 13.0 Å². The molecule has 1 atom stereocenters. The molecule has 0 radical (unpaired) electrons. The predicted octanol–water partition coefficient (Wildman–Crippen LogP) is 3.03. The number of aromatic nitrogens is 4. The maximum Gasteiger partial charge on any atom is 0.155 e. The standard InChI is InChI=1S/C19H20F2N6/c1-13(14-11-24-25-12-14)26-6-8-27(9-7-26)19-18(22-4-5-23-19)16-10-15(20)2-3-17(16)21/h2-5,10-13H,6-9H2,1H3,(H,24,25). The summed E-state index contributed by atoms with van der Waals surface area (Å²) in [6, 6.07) is 3.64. The highest BCUT2D eigenvalue weighted by Crippen LogP contribution is 2.30. The maximum absolute atomic E-state index is 14.3. The van der Waals surface area contributed by atoms with E-state index in [2.05, 4.69) is 36.9 Å². The van der Waals surface area contributed by atoms with Crippen molar-refractivity contribution >= 4 is 5.82 Å². The molecule has 1 saturated heterocycles. The fourth-order valence-corrected chi connectivity index (χ4v) is 3.45. The molecule has 3 aromatic rings. The van der Waals surface area contributed by atoms with Crippen molar-refractivity contribution in [2.24, 2.45) is 0 Å². The Balaban J connectivity index is 1.55. The number of nitrogens with zero attached hydrogens (tertiary/aromatic N) is 5. The second kappa shape index (κ2) is 7.40. The number of hydrogen-bond donors (Lipinski definition) is 1. The second-order valence-corrected chi connectivity index (χ2v) is 6.58. The zero-order valence-electron chi connectivity index (χ0n) is 14.9. The largest absolute Gasteiger partial charge is 0.352 e. The Labute approximate surface area is 155 Å². The Bertz CT molecular complexity index is 906. The number of halogens is 2. The first kappa shape index (κ1) is 17.5.